The molecule has 4 heteroatoms. The van der Waals surface area contributed by atoms with Crippen molar-refractivity contribution in [3.8, 4) is 0 Å². The molecule has 0 atom stereocenters. The molecule has 0 saturated heterocycles. The van der Waals surface area contributed by atoms with Crippen LogP contribution in [0.4, 0.5) is 13.2 Å². The number of nitrogens with zero attached hydrogens (tertiary/aromatic N) is 1. The highest BCUT2D eigenvalue weighted by Crippen LogP contribution is 2.32. The van der Waals surface area contributed by atoms with Gasteiger partial charge in [-0.15, -0.1) is 0 Å². The summed E-state index contributed by atoms with van der Waals surface area (Å²) in [7, 11) is 2.82. The summed E-state index contributed by atoms with van der Waals surface area (Å²) in [5.41, 5.74) is -1.73. The molecule has 0 rings (SSSR count). The molecule has 0 heterocycles. The van der Waals surface area contributed by atoms with Gasteiger partial charge in [-0.25, -0.2) is 0 Å². The van der Waals surface area contributed by atoms with E-state index in [0.29, 0.717) is 0 Å². The van der Waals surface area contributed by atoms with Crippen LogP contribution in [-0.4, -0.2) is 30.7 Å². The van der Waals surface area contributed by atoms with Crippen molar-refractivity contribution in [2.45, 2.75) is 25.6 Å². The fourth-order valence-corrected chi connectivity index (χ4v) is 0.254. The second kappa shape index (κ2) is 2.42. The Morgan fingerprint density at radius 2 is 1.30 bits per heavy atom. The highest BCUT2D eigenvalue weighted by molar-refractivity contribution is 4.84. The predicted molar refractivity (Wildman–Crippen MR) is 33.8 cm³/mol. The summed E-state index contributed by atoms with van der Waals surface area (Å²) in [4.78, 5) is 1.15. The molecule has 0 bridgehead atoms. The second-order valence-electron chi connectivity index (χ2n) is 2.95. The standard InChI is InChI=1S/C6H12F3N/c1-5(2,10(3)4)6(7,8)9/h1-4H3. The largest absolute Gasteiger partial charge is 0.406 e. The zero-order chi connectivity index (χ0) is 8.58. The summed E-state index contributed by atoms with van der Waals surface area (Å²) in [5.74, 6) is 0. The van der Waals surface area contributed by atoms with Crippen LogP contribution in [0.5, 0.6) is 0 Å². The number of hydrogen-bond donors (Lipinski definition) is 0. The lowest BCUT2D eigenvalue weighted by Gasteiger charge is -2.34. The Morgan fingerprint density at radius 1 is 1.00 bits per heavy atom. The van der Waals surface area contributed by atoms with E-state index in [2.05, 4.69) is 0 Å². The fraction of sp³-hybridized carbons (Fsp3) is 1.00. The molecule has 62 valence electrons. The zero-order valence-electron chi connectivity index (χ0n) is 6.58. The number of alkyl halides is 3. The Bertz CT molecular complexity index is 115. The SMILES string of the molecule is CN(C)C(C)(C)C(F)(F)F. The summed E-state index contributed by atoms with van der Waals surface area (Å²) < 4.78 is 36.1. The van der Waals surface area contributed by atoms with Crippen molar-refractivity contribution in [3.63, 3.8) is 0 Å². The molecule has 0 aromatic heterocycles. The minimum absolute atomic E-state index is 1.15. The van der Waals surface area contributed by atoms with Crippen LogP contribution in [0.15, 0.2) is 0 Å². The van der Waals surface area contributed by atoms with Gasteiger partial charge in [0.05, 0.1) is 0 Å². The average molecular weight is 155 g/mol. The van der Waals surface area contributed by atoms with Gasteiger partial charge in [-0.05, 0) is 27.9 Å². The fourth-order valence-electron chi connectivity index (χ4n) is 0.254. The molecule has 0 aromatic carbocycles. The highest BCUT2D eigenvalue weighted by Gasteiger charge is 2.48. The van der Waals surface area contributed by atoms with Crippen LogP contribution < -0.4 is 0 Å². The van der Waals surface area contributed by atoms with Crippen LogP contribution in [0.3, 0.4) is 0 Å². The first kappa shape index (κ1) is 9.75. The molecule has 0 spiro atoms. The maximum absolute atomic E-state index is 12.0. The number of hydrogen-bond acceptors (Lipinski definition) is 1. The molecule has 0 N–H and O–H groups in total. The molecule has 0 amide bonds. The minimum atomic E-state index is -4.16. The number of rotatable bonds is 1. The second-order valence-corrected chi connectivity index (χ2v) is 2.95. The number of halogens is 3. The molecule has 0 saturated carbocycles. The summed E-state index contributed by atoms with van der Waals surface area (Å²) in [5, 5.41) is 0. The third kappa shape index (κ3) is 1.62. The maximum atomic E-state index is 12.0. The molecule has 0 aliphatic carbocycles. The lowest BCUT2D eigenvalue weighted by atomic mass is 10.0. The van der Waals surface area contributed by atoms with Gasteiger partial charge in [0.2, 0.25) is 0 Å². The van der Waals surface area contributed by atoms with Crippen LogP contribution >= 0.6 is 0 Å². The Labute approximate surface area is 58.8 Å². The van der Waals surface area contributed by atoms with Gasteiger partial charge in [-0.2, -0.15) is 13.2 Å². The van der Waals surface area contributed by atoms with Gasteiger partial charge < -0.3 is 0 Å². The van der Waals surface area contributed by atoms with Gasteiger partial charge in [0.1, 0.15) is 5.54 Å². The van der Waals surface area contributed by atoms with Crippen LogP contribution in [0.1, 0.15) is 13.8 Å². The minimum Gasteiger partial charge on any atom is -0.296 e. The molecule has 10 heavy (non-hydrogen) atoms. The van der Waals surface area contributed by atoms with Crippen LogP contribution in [-0.2, 0) is 0 Å². The van der Waals surface area contributed by atoms with Gasteiger partial charge in [-0.3, -0.25) is 4.90 Å². The van der Waals surface area contributed by atoms with Crippen molar-refractivity contribution in [1.29, 1.82) is 0 Å². The summed E-state index contributed by atoms with van der Waals surface area (Å²) in [6, 6.07) is 0. The summed E-state index contributed by atoms with van der Waals surface area (Å²) in [6.07, 6.45) is -4.16. The summed E-state index contributed by atoms with van der Waals surface area (Å²) in [6.45, 7) is 2.29. The first-order valence-electron chi connectivity index (χ1n) is 2.93. The predicted octanol–water partition coefficient (Wildman–Crippen LogP) is 1.89. The van der Waals surface area contributed by atoms with E-state index in [1.807, 2.05) is 0 Å². The maximum Gasteiger partial charge on any atom is 0.406 e. The molecular weight excluding hydrogens is 143 g/mol. The molecule has 0 fully saturated rings. The third-order valence-electron chi connectivity index (χ3n) is 1.81. The highest BCUT2D eigenvalue weighted by atomic mass is 19.4. The van der Waals surface area contributed by atoms with Crippen molar-refractivity contribution < 1.29 is 13.2 Å². The van der Waals surface area contributed by atoms with Crippen molar-refractivity contribution in [3.05, 3.63) is 0 Å². The molecule has 0 aliphatic heterocycles. The lowest BCUT2D eigenvalue weighted by molar-refractivity contribution is -0.212. The van der Waals surface area contributed by atoms with Crippen molar-refractivity contribution in [1.82, 2.24) is 4.90 Å². The van der Waals surface area contributed by atoms with Gasteiger partial charge >= 0.3 is 6.18 Å². The first-order chi connectivity index (χ1) is 4.19. The van der Waals surface area contributed by atoms with E-state index in [1.165, 1.54) is 14.1 Å². The molecule has 0 aliphatic rings. The Morgan fingerprint density at radius 3 is 1.30 bits per heavy atom. The Hall–Kier alpha value is -0.250. The quantitative estimate of drug-likeness (QED) is 0.559. The Balaban J connectivity index is 4.40. The van der Waals surface area contributed by atoms with Crippen molar-refractivity contribution in [2.24, 2.45) is 0 Å². The van der Waals surface area contributed by atoms with Gasteiger partial charge in [0, 0.05) is 0 Å². The van der Waals surface area contributed by atoms with E-state index in [9.17, 15) is 13.2 Å². The van der Waals surface area contributed by atoms with E-state index in [-0.39, 0.29) is 0 Å². The smallest absolute Gasteiger partial charge is 0.296 e. The first-order valence-corrected chi connectivity index (χ1v) is 2.93. The molecule has 0 radical (unpaired) electrons. The van der Waals surface area contributed by atoms with Crippen LogP contribution in [0.2, 0.25) is 0 Å². The monoisotopic (exact) mass is 155 g/mol. The molecule has 0 aromatic rings. The normalized spacial score (nSPS) is 14.4. The van der Waals surface area contributed by atoms with Gasteiger partial charge in [-0.1, -0.05) is 0 Å². The Kier molecular flexibility index (Phi) is 2.36. The van der Waals surface area contributed by atoms with Gasteiger partial charge in [0.15, 0.2) is 0 Å². The molecular formula is C6H12F3N. The lowest BCUT2D eigenvalue weighted by Crippen LogP contribution is -2.50. The molecule has 1 nitrogen and oxygen atoms in total. The van der Waals surface area contributed by atoms with Crippen LogP contribution in [0, 0.1) is 0 Å². The van der Waals surface area contributed by atoms with Crippen LogP contribution in [0.25, 0.3) is 0 Å². The van der Waals surface area contributed by atoms with Crippen molar-refractivity contribution >= 4 is 0 Å². The van der Waals surface area contributed by atoms with E-state index in [4.69, 9.17) is 0 Å². The van der Waals surface area contributed by atoms with E-state index in [1.54, 1.807) is 0 Å². The van der Waals surface area contributed by atoms with E-state index in [0.717, 1.165) is 18.7 Å². The summed E-state index contributed by atoms with van der Waals surface area (Å²) >= 11 is 0. The average Bonchev–Trinajstić information content (AvgIpc) is 1.62. The van der Waals surface area contributed by atoms with Gasteiger partial charge in [0.25, 0.3) is 0 Å². The topological polar surface area (TPSA) is 3.24 Å². The zero-order valence-corrected chi connectivity index (χ0v) is 6.58. The van der Waals surface area contributed by atoms with E-state index < -0.39 is 11.7 Å². The third-order valence-corrected chi connectivity index (χ3v) is 1.81. The van der Waals surface area contributed by atoms with Crippen molar-refractivity contribution in [2.75, 3.05) is 14.1 Å². The van der Waals surface area contributed by atoms with E-state index >= 15 is 0 Å². The molecule has 0 unspecified atom stereocenters.